The number of benzene rings is 2. The fourth-order valence-electron chi connectivity index (χ4n) is 2.70. The molecule has 7 nitrogen and oxygen atoms in total. The van der Waals surface area contributed by atoms with Gasteiger partial charge in [-0.1, -0.05) is 31.2 Å². The van der Waals surface area contributed by atoms with Crippen LogP contribution in [0.25, 0.3) is 0 Å². The third-order valence-corrected chi connectivity index (χ3v) is 4.54. The van der Waals surface area contributed by atoms with E-state index in [2.05, 4.69) is 54.6 Å². The van der Waals surface area contributed by atoms with Gasteiger partial charge in [0.25, 0.3) is 5.91 Å². The molecule has 0 fully saturated rings. The molecule has 0 bridgehead atoms. The number of primary amides is 1. The zero-order valence-corrected chi connectivity index (χ0v) is 18.2. The van der Waals surface area contributed by atoms with E-state index in [0.29, 0.717) is 24.8 Å². The Bertz CT molecular complexity index is 867. The smallest absolute Gasteiger partial charge is 0.255 e. The molecule has 0 aliphatic carbocycles. The summed E-state index contributed by atoms with van der Waals surface area (Å²) in [6.45, 7) is 7.24. The Balaban J connectivity index is 1.94. The molecule has 1 unspecified atom stereocenters. The van der Waals surface area contributed by atoms with Crippen molar-refractivity contribution in [3.8, 4) is 11.5 Å². The molecular weight excluding hydrogens is 380 g/mol. The molecule has 4 N–H and O–H groups in total. The van der Waals surface area contributed by atoms with Crippen molar-refractivity contribution >= 4 is 11.9 Å². The average Bonchev–Trinajstić information content (AvgIpc) is 2.73. The minimum Gasteiger partial charge on any atom is -0.490 e. The normalized spacial score (nSPS) is 12.2. The molecule has 162 valence electrons. The third kappa shape index (κ3) is 7.66. The number of hydrogen-bond acceptors (Lipinski definition) is 4. The van der Waals surface area contributed by atoms with Crippen molar-refractivity contribution in [1.82, 2.24) is 10.6 Å². The van der Waals surface area contributed by atoms with Crippen LogP contribution in [0.1, 0.15) is 37.0 Å². The van der Waals surface area contributed by atoms with Crippen LogP contribution in [-0.2, 0) is 17.9 Å². The fraction of sp³-hybridized carbons (Fsp3) is 0.391. The fourth-order valence-corrected chi connectivity index (χ4v) is 2.70. The molecule has 0 radical (unpaired) electrons. The minimum atomic E-state index is -0.504. The van der Waals surface area contributed by atoms with E-state index in [4.69, 9.17) is 15.2 Å². The summed E-state index contributed by atoms with van der Waals surface area (Å²) in [5, 5.41) is 6.61. The summed E-state index contributed by atoms with van der Waals surface area (Å²) >= 11 is 0. The van der Waals surface area contributed by atoms with Gasteiger partial charge in [-0.25, -0.2) is 0 Å². The minimum absolute atomic E-state index is 0.141. The number of carbonyl (C=O) groups excluding carboxylic acids is 1. The van der Waals surface area contributed by atoms with E-state index in [-0.39, 0.29) is 12.7 Å². The lowest BCUT2D eigenvalue weighted by molar-refractivity contribution is -0.119. The number of aryl methyl sites for hydroxylation is 1. The predicted molar refractivity (Wildman–Crippen MR) is 120 cm³/mol. The van der Waals surface area contributed by atoms with Crippen molar-refractivity contribution in [1.29, 1.82) is 0 Å². The van der Waals surface area contributed by atoms with Gasteiger partial charge in [0.05, 0.1) is 6.10 Å². The molecule has 0 saturated carbocycles. The van der Waals surface area contributed by atoms with Gasteiger partial charge in [-0.2, -0.15) is 0 Å². The monoisotopic (exact) mass is 412 g/mol. The number of guanidine groups is 1. The van der Waals surface area contributed by atoms with Crippen LogP contribution in [-0.4, -0.2) is 31.6 Å². The van der Waals surface area contributed by atoms with Crippen molar-refractivity contribution in [3.63, 3.8) is 0 Å². The highest BCUT2D eigenvalue weighted by Crippen LogP contribution is 2.22. The standard InChI is InChI=1S/C23H32N4O3/c1-5-17(3)30-21-11-16(2)9-10-19(21)14-27-23(25-4)26-13-18-7-6-8-20(12-18)29-15-22(24)28/h6-12,17H,5,13-15H2,1-4H3,(H2,24,28)(H2,25,26,27). The van der Waals surface area contributed by atoms with Crippen LogP contribution in [0, 0.1) is 6.92 Å². The highest BCUT2D eigenvalue weighted by Gasteiger charge is 2.09. The Kier molecular flexibility index (Phi) is 9.00. The first-order valence-corrected chi connectivity index (χ1v) is 10.1. The topological polar surface area (TPSA) is 98.0 Å². The molecule has 0 heterocycles. The second kappa shape index (κ2) is 11.7. The Labute approximate surface area is 178 Å². The molecule has 0 aliphatic rings. The van der Waals surface area contributed by atoms with Crippen LogP contribution in [0.15, 0.2) is 47.5 Å². The zero-order valence-electron chi connectivity index (χ0n) is 18.2. The molecule has 1 amide bonds. The molecule has 0 aromatic heterocycles. The van der Waals surface area contributed by atoms with Gasteiger partial charge >= 0.3 is 0 Å². The van der Waals surface area contributed by atoms with Gasteiger partial charge in [0, 0.05) is 25.7 Å². The average molecular weight is 413 g/mol. The lowest BCUT2D eigenvalue weighted by atomic mass is 10.1. The van der Waals surface area contributed by atoms with Gasteiger partial charge < -0.3 is 25.8 Å². The second-order valence-corrected chi connectivity index (χ2v) is 7.13. The molecular formula is C23H32N4O3. The Morgan fingerprint density at radius 3 is 2.63 bits per heavy atom. The van der Waals surface area contributed by atoms with E-state index in [1.165, 1.54) is 0 Å². The Morgan fingerprint density at radius 2 is 1.93 bits per heavy atom. The van der Waals surface area contributed by atoms with Crippen LogP contribution in [0.2, 0.25) is 0 Å². The summed E-state index contributed by atoms with van der Waals surface area (Å²) in [4.78, 5) is 15.2. The largest absolute Gasteiger partial charge is 0.490 e. The number of aliphatic imine (C=N–C) groups is 1. The number of carbonyl (C=O) groups is 1. The van der Waals surface area contributed by atoms with Crippen molar-refractivity contribution in [2.75, 3.05) is 13.7 Å². The number of nitrogens with one attached hydrogen (secondary N) is 2. The third-order valence-electron chi connectivity index (χ3n) is 4.54. The zero-order chi connectivity index (χ0) is 21.9. The molecule has 30 heavy (non-hydrogen) atoms. The maximum Gasteiger partial charge on any atom is 0.255 e. The molecule has 0 aliphatic heterocycles. The molecule has 1 atom stereocenters. The van der Waals surface area contributed by atoms with E-state index < -0.39 is 5.91 Å². The summed E-state index contributed by atoms with van der Waals surface area (Å²) in [5.41, 5.74) is 8.36. The Morgan fingerprint density at radius 1 is 1.17 bits per heavy atom. The van der Waals surface area contributed by atoms with E-state index >= 15 is 0 Å². The first-order chi connectivity index (χ1) is 14.4. The van der Waals surface area contributed by atoms with Gasteiger partial charge in [-0.15, -0.1) is 0 Å². The van der Waals surface area contributed by atoms with Gasteiger partial charge in [0.1, 0.15) is 11.5 Å². The SMILES string of the molecule is CCC(C)Oc1cc(C)ccc1CNC(=NC)NCc1cccc(OCC(N)=O)c1. The summed E-state index contributed by atoms with van der Waals surface area (Å²) < 4.78 is 11.4. The van der Waals surface area contributed by atoms with Gasteiger partial charge in [-0.3, -0.25) is 9.79 Å². The van der Waals surface area contributed by atoms with E-state index in [0.717, 1.165) is 28.9 Å². The van der Waals surface area contributed by atoms with Gasteiger partial charge in [0.15, 0.2) is 12.6 Å². The number of nitrogens with zero attached hydrogens (tertiary/aromatic N) is 1. The van der Waals surface area contributed by atoms with Crippen molar-refractivity contribution in [3.05, 3.63) is 59.2 Å². The van der Waals surface area contributed by atoms with E-state index in [9.17, 15) is 4.79 Å². The number of nitrogens with two attached hydrogens (primary N) is 1. The lowest BCUT2D eigenvalue weighted by Crippen LogP contribution is -2.36. The number of rotatable bonds is 10. The van der Waals surface area contributed by atoms with Crippen LogP contribution in [0.4, 0.5) is 0 Å². The highest BCUT2D eigenvalue weighted by molar-refractivity contribution is 5.79. The lowest BCUT2D eigenvalue weighted by Gasteiger charge is -2.18. The van der Waals surface area contributed by atoms with Crippen LogP contribution in [0.3, 0.4) is 0 Å². The van der Waals surface area contributed by atoms with Crippen molar-refractivity contribution in [2.45, 2.75) is 46.4 Å². The van der Waals surface area contributed by atoms with Gasteiger partial charge in [0.2, 0.25) is 0 Å². The van der Waals surface area contributed by atoms with E-state index in [1.807, 2.05) is 18.2 Å². The van der Waals surface area contributed by atoms with E-state index in [1.54, 1.807) is 13.1 Å². The quantitative estimate of drug-likeness (QED) is 0.412. The van der Waals surface area contributed by atoms with Crippen LogP contribution in [0.5, 0.6) is 11.5 Å². The molecule has 2 rings (SSSR count). The predicted octanol–water partition coefficient (Wildman–Crippen LogP) is 2.90. The summed E-state index contributed by atoms with van der Waals surface area (Å²) in [6.07, 6.45) is 1.11. The molecule has 0 spiro atoms. The van der Waals surface area contributed by atoms with Crippen LogP contribution < -0.4 is 25.8 Å². The number of hydrogen-bond donors (Lipinski definition) is 3. The number of amides is 1. The summed E-state index contributed by atoms with van der Waals surface area (Å²) in [7, 11) is 1.73. The summed E-state index contributed by atoms with van der Waals surface area (Å²) in [5.74, 6) is 1.67. The number of ether oxygens (including phenoxy) is 2. The molecule has 7 heteroatoms. The maximum atomic E-state index is 10.9. The van der Waals surface area contributed by atoms with Crippen LogP contribution >= 0.6 is 0 Å². The molecule has 2 aromatic carbocycles. The molecule has 2 aromatic rings. The van der Waals surface area contributed by atoms with Gasteiger partial charge in [-0.05, 0) is 49.6 Å². The van der Waals surface area contributed by atoms with Crippen molar-refractivity contribution < 1.29 is 14.3 Å². The first-order valence-electron chi connectivity index (χ1n) is 10.1. The maximum absolute atomic E-state index is 10.9. The molecule has 0 saturated heterocycles. The summed E-state index contributed by atoms with van der Waals surface area (Å²) in [6, 6.07) is 13.7. The Hall–Kier alpha value is -3.22. The first kappa shape index (κ1) is 23.1. The second-order valence-electron chi connectivity index (χ2n) is 7.13. The van der Waals surface area contributed by atoms with Crippen molar-refractivity contribution in [2.24, 2.45) is 10.7 Å². The highest BCUT2D eigenvalue weighted by atomic mass is 16.5.